The van der Waals surface area contributed by atoms with Crippen molar-refractivity contribution in [2.45, 2.75) is 16.7 Å². The Bertz CT molecular complexity index is 867. The topological polar surface area (TPSA) is 72.5 Å². The maximum atomic E-state index is 12.7. The molecule has 0 atom stereocenters. The fraction of sp³-hybridized carbons (Fsp3) is 0.133. The number of hydrogen-bond acceptors (Lipinski definition) is 4. The van der Waals surface area contributed by atoms with Crippen molar-refractivity contribution in [2.75, 3.05) is 11.9 Å². The van der Waals surface area contributed by atoms with Crippen LogP contribution in [0.15, 0.2) is 46.2 Å². The molecule has 0 aliphatic rings. The summed E-state index contributed by atoms with van der Waals surface area (Å²) < 4.78 is 30.1. The van der Waals surface area contributed by atoms with Crippen molar-refractivity contribution in [1.29, 1.82) is 0 Å². The molecular weight excluding hydrogens is 397 g/mol. The molecule has 0 aromatic heterocycles. The summed E-state index contributed by atoms with van der Waals surface area (Å²) in [6.07, 6.45) is -0.624. The summed E-state index contributed by atoms with van der Waals surface area (Å²) in [5.41, 5.74) is 0.396. The molecule has 2 aromatic carbocycles. The van der Waals surface area contributed by atoms with E-state index in [1.807, 2.05) is 0 Å². The molecule has 2 rings (SSSR count). The molecule has 5 nitrogen and oxygen atoms in total. The number of carbonyl (C=O) groups is 1. The fourth-order valence-electron chi connectivity index (χ4n) is 1.85. The van der Waals surface area contributed by atoms with Crippen LogP contribution in [0.25, 0.3) is 0 Å². The van der Waals surface area contributed by atoms with Gasteiger partial charge in [-0.05, 0) is 43.3 Å². The molecule has 0 bridgehead atoms. The van der Waals surface area contributed by atoms with E-state index in [1.54, 1.807) is 6.92 Å². The van der Waals surface area contributed by atoms with Gasteiger partial charge in [0.25, 0.3) is 0 Å². The van der Waals surface area contributed by atoms with E-state index in [4.69, 9.17) is 39.5 Å². The fourth-order valence-corrected chi connectivity index (χ4v) is 4.07. The number of hydrogen-bond donors (Lipinski definition) is 1. The lowest BCUT2D eigenvalue weighted by atomic mass is 10.3. The van der Waals surface area contributed by atoms with Gasteiger partial charge in [0.1, 0.15) is 0 Å². The van der Waals surface area contributed by atoms with E-state index in [2.05, 4.69) is 5.32 Å². The van der Waals surface area contributed by atoms with Crippen molar-refractivity contribution in [3.8, 4) is 0 Å². The van der Waals surface area contributed by atoms with Gasteiger partial charge in [-0.25, -0.2) is 13.2 Å². The van der Waals surface area contributed by atoms with E-state index < -0.39 is 15.9 Å². The maximum absolute atomic E-state index is 12.7. The molecule has 0 radical (unpaired) electrons. The average Bonchev–Trinajstić information content (AvgIpc) is 2.53. The van der Waals surface area contributed by atoms with Crippen LogP contribution in [0.5, 0.6) is 0 Å². The molecule has 1 N–H and O–H groups in total. The van der Waals surface area contributed by atoms with Gasteiger partial charge < -0.3 is 4.74 Å². The van der Waals surface area contributed by atoms with E-state index in [9.17, 15) is 13.2 Å². The SMILES string of the molecule is CCOC(=O)Nc1ccc(S(=O)(=O)c2ccc(Cl)c(Cl)c2Cl)cc1. The summed E-state index contributed by atoms with van der Waals surface area (Å²) >= 11 is 17.7. The molecule has 0 saturated carbocycles. The van der Waals surface area contributed by atoms with Gasteiger partial charge in [-0.2, -0.15) is 0 Å². The van der Waals surface area contributed by atoms with Crippen LogP contribution < -0.4 is 5.32 Å². The predicted molar refractivity (Wildman–Crippen MR) is 94.0 cm³/mol. The number of benzene rings is 2. The monoisotopic (exact) mass is 407 g/mol. The highest BCUT2D eigenvalue weighted by molar-refractivity contribution is 7.91. The Labute approximate surface area is 154 Å². The summed E-state index contributed by atoms with van der Waals surface area (Å²) in [7, 11) is -3.88. The molecule has 0 aliphatic heterocycles. The largest absolute Gasteiger partial charge is 0.450 e. The molecule has 0 unspecified atom stereocenters. The van der Waals surface area contributed by atoms with Gasteiger partial charge in [-0.3, -0.25) is 5.32 Å². The van der Waals surface area contributed by atoms with Crippen LogP contribution in [0, 0.1) is 0 Å². The third-order valence-corrected chi connectivity index (χ3v) is 6.19. The minimum atomic E-state index is -3.88. The first-order valence-corrected chi connectivity index (χ1v) is 9.31. The highest BCUT2D eigenvalue weighted by Gasteiger charge is 2.23. The van der Waals surface area contributed by atoms with E-state index in [1.165, 1.54) is 36.4 Å². The zero-order chi connectivity index (χ0) is 17.9. The summed E-state index contributed by atoms with van der Waals surface area (Å²) in [6, 6.07) is 8.21. The Balaban J connectivity index is 2.34. The highest BCUT2D eigenvalue weighted by atomic mass is 35.5. The first-order valence-electron chi connectivity index (χ1n) is 6.69. The predicted octanol–water partition coefficient (Wildman–Crippen LogP) is 5.05. The second-order valence-corrected chi connectivity index (χ2v) is 7.63. The normalized spacial score (nSPS) is 11.2. The van der Waals surface area contributed by atoms with Crippen LogP contribution in [-0.2, 0) is 14.6 Å². The van der Waals surface area contributed by atoms with Crippen LogP contribution in [0.3, 0.4) is 0 Å². The summed E-state index contributed by atoms with van der Waals surface area (Å²) in [5, 5.41) is 2.46. The molecular formula is C15H12Cl3NO4S. The maximum Gasteiger partial charge on any atom is 0.411 e. The number of carbonyl (C=O) groups excluding carboxylic acids is 1. The second kappa shape index (κ2) is 7.61. The Morgan fingerprint density at radius 2 is 1.67 bits per heavy atom. The highest BCUT2D eigenvalue weighted by Crippen LogP contribution is 2.37. The molecule has 128 valence electrons. The van der Waals surface area contributed by atoms with Crippen molar-refractivity contribution >= 4 is 56.4 Å². The lowest BCUT2D eigenvalue weighted by Crippen LogP contribution is -2.13. The molecule has 1 amide bonds. The summed E-state index contributed by atoms with van der Waals surface area (Å²) in [6.45, 7) is 1.91. The number of halogens is 3. The van der Waals surface area contributed by atoms with Crippen LogP contribution >= 0.6 is 34.8 Å². The van der Waals surface area contributed by atoms with E-state index in [0.717, 1.165) is 0 Å². The van der Waals surface area contributed by atoms with E-state index in [-0.39, 0.29) is 31.5 Å². The van der Waals surface area contributed by atoms with Gasteiger partial charge in [0.15, 0.2) is 0 Å². The quantitative estimate of drug-likeness (QED) is 0.719. The lowest BCUT2D eigenvalue weighted by molar-refractivity contribution is 0.168. The first kappa shape index (κ1) is 18.9. The van der Waals surface area contributed by atoms with Crippen molar-refractivity contribution in [1.82, 2.24) is 0 Å². The van der Waals surface area contributed by atoms with Gasteiger partial charge in [0, 0.05) is 5.69 Å². The third kappa shape index (κ3) is 3.95. The number of ether oxygens (including phenoxy) is 1. The lowest BCUT2D eigenvalue weighted by Gasteiger charge is -2.10. The Morgan fingerprint density at radius 3 is 2.25 bits per heavy atom. The zero-order valence-corrected chi connectivity index (χ0v) is 15.4. The van der Waals surface area contributed by atoms with Crippen molar-refractivity contribution < 1.29 is 17.9 Å². The van der Waals surface area contributed by atoms with Crippen LogP contribution in [0.4, 0.5) is 10.5 Å². The average molecular weight is 409 g/mol. The smallest absolute Gasteiger partial charge is 0.411 e. The van der Waals surface area contributed by atoms with Crippen molar-refractivity contribution in [3.63, 3.8) is 0 Å². The molecule has 0 fully saturated rings. The van der Waals surface area contributed by atoms with E-state index in [0.29, 0.717) is 5.69 Å². The standard InChI is InChI=1S/C15H12Cl3NO4S/c1-2-23-15(20)19-9-3-5-10(6-4-9)24(21,22)12-8-7-11(16)13(17)14(12)18/h3-8H,2H2,1H3,(H,19,20). The van der Waals surface area contributed by atoms with Crippen LogP contribution in [-0.4, -0.2) is 21.1 Å². The third-order valence-electron chi connectivity index (χ3n) is 2.98. The van der Waals surface area contributed by atoms with Gasteiger partial charge in [0.05, 0.1) is 31.5 Å². The Hall–Kier alpha value is -1.47. The van der Waals surface area contributed by atoms with Crippen molar-refractivity contribution in [2.24, 2.45) is 0 Å². The number of anilines is 1. The first-order chi connectivity index (χ1) is 11.3. The minimum absolute atomic E-state index is 0.00259. The summed E-state index contributed by atoms with van der Waals surface area (Å²) in [5.74, 6) is 0. The molecule has 0 heterocycles. The summed E-state index contributed by atoms with van der Waals surface area (Å²) in [4.78, 5) is 11.2. The van der Waals surface area contributed by atoms with Crippen LogP contribution in [0.1, 0.15) is 6.92 Å². The number of rotatable bonds is 4. The molecule has 0 spiro atoms. The number of nitrogens with one attached hydrogen (secondary N) is 1. The number of sulfone groups is 1. The molecule has 0 aliphatic carbocycles. The van der Waals surface area contributed by atoms with Gasteiger partial charge >= 0.3 is 6.09 Å². The van der Waals surface area contributed by atoms with Gasteiger partial charge in [0.2, 0.25) is 9.84 Å². The zero-order valence-electron chi connectivity index (χ0n) is 12.3. The molecule has 2 aromatic rings. The molecule has 0 saturated heterocycles. The van der Waals surface area contributed by atoms with Crippen LogP contribution in [0.2, 0.25) is 15.1 Å². The second-order valence-electron chi connectivity index (χ2n) is 4.55. The Morgan fingerprint density at radius 1 is 1.04 bits per heavy atom. The van der Waals surface area contributed by atoms with Gasteiger partial charge in [-0.15, -0.1) is 0 Å². The minimum Gasteiger partial charge on any atom is -0.450 e. The van der Waals surface area contributed by atoms with Crippen molar-refractivity contribution in [3.05, 3.63) is 51.5 Å². The van der Waals surface area contributed by atoms with Gasteiger partial charge in [-0.1, -0.05) is 34.8 Å². The van der Waals surface area contributed by atoms with E-state index >= 15 is 0 Å². The molecule has 24 heavy (non-hydrogen) atoms. The molecule has 9 heteroatoms. The number of amides is 1. The Kier molecular flexibility index (Phi) is 5.98.